The van der Waals surface area contributed by atoms with Crippen molar-refractivity contribution in [2.75, 3.05) is 5.32 Å². The number of anilines is 1. The molecule has 122 valence electrons. The number of amides is 1. The second kappa shape index (κ2) is 7.97. The highest BCUT2D eigenvalue weighted by Crippen LogP contribution is 2.25. The topological polar surface area (TPSA) is 38.3 Å². The first-order chi connectivity index (χ1) is 10.9. The Hall–Kier alpha value is -2.08. The van der Waals surface area contributed by atoms with Gasteiger partial charge in [0.05, 0.1) is 5.25 Å². The molecule has 0 aliphatic rings. The molecule has 0 saturated heterocycles. The summed E-state index contributed by atoms with van der Waals surface area (Å²) in [5, 5.41) is 2.47. The molecule has 2 aromatic carbocycles. The molecule has 2 rings (SSSR count). The van der Waals surface area contributed by atoms with Crippen molar-refractivity contribution in [3.8, 4) is 5.75 Å². The maximum Gasteiger partial charge on any atom is 0.387 e. The summed E-state index contributed by atoms with van der Waals surface area (Å²) in [4.78, 5) is 13.2. The molecule has 0 saturated carbocycles. The van der Waals surface area contributed by atoms with Gasteiger partial charge in [0.1, 0.15) is 5.75 Å². The zero-order chi connectivity index (χ0) is 16.8. The van der Waals surface area contributed by atoms with Crippen molar-refractivity contribution in [3.05, 3.63) is 54.1 Å². The van der Waals surface area contributed by atoms with E-state index in [-0.39, 0.29) is 16.9 Å². The Balaban J connectivity index is 1.91. The number of thioether (sulfide) groups is 1. The fourth-order valence-corrected chi connectivity index (χ4v) is 2.71. The number of carbonyl (C=O) groups is 1. The maximum atomic E-state index is 12.2. The molecule has 1 amide bonds. The number of rotatable bonds is 6. The number of ether oxygens (including phenoxy) is 1. The van der Waals surface area contributed by atoms with Crippen molar-refractivity contribution in [2.45, 2.75) is 30.6 Å². The van der Waals surface area contributed by atoms with Gasteiger partial charge in [-0.05, 0) is 50.2 Å². The monoisotopic (exact) mass is 337 g/mol. The molecule has 0 aliphatic heterocycles. The van der Waals surface area contributed by atoms with E-state index < -0.39 is 6.61 Å². The van der Waals surface area contributed by atoms with Gasteiger partial charge in [0.2, 0.25) is 5.91 Å². The van der Waals surface area contributed by atoms with Crippen LogP contribution in [0.25, 0.3) is 0 Å². The van der Waals surface area contributed by atoms with Crippen molar-refractivity contribution < 1.29 is 18.3 Å². The second-order valence-electron chi connectivity index (χ2n) is 4.97. The molecule has 23 heavy (non-hydrogen) atoms. The van der Waals surface area contributed by atoms with E-state index in [4.69, 9.17) is 0 Å². The van der Waals surface area contributed by atoms with Crippen LogP contribution in [-0.4, -0.2) is 17.8 Å². The Morgan fingerprint density at radius 2 is 1.70 bits per heavy atom. The van der Waals surface area contributed by atoms with Crippen LogP contribution in [-0.2, 0) is 4.79 Å². The number of hydrogen-bond donors (Lipinski definition) is 1. The van der Waals surface area contributed by atoms with Gasteiger partial charge < -0.3 is 10.1 Å². The van der Waals surface area contributed by atoms with E-state index in [0.29, 0.717) is 5.69 Å². The number of aryl methyl sites for hydroxylation is 1. The Morgan fingerprint density at radius 3 is 2.26 bits per heavy atom. The van der Waals surface area contributed by atoms with Crippen molar-refractivity contribution >= 4 is 23.4 Å². The van der Waals surface area contributed by atoms with Crippen LogP contribution in [0.15, 0.2) is 53.4 Å². The van der Waals surface area contributed by atoms with Crippen LogP contribution >= 0.6 is 11.8 Å². The lowest BCUT2D eigenvalue weighted by atomic mass is 10.2. The van der Waals surface area contributed by atoms with E-state index in [1.54, 1.807) is 0 Å². The van der Waals surface area contributed by atoms with Gasteiger partial charge in [0, 0.05) is 10.6 Å². The summed E-state index contributed by atoms with van der Waals surface area (Å²) in [7, 11) is 0. The standard InChI is InChI=1S/C17H17F2NO2S/c1-11-3-9-15(10-4-11)23-12(2)16(21)20-13-5-7-14(8-6-13)22-17(18)19/h3-10,12,17H,1-2H3,(H,20,21)/t12-/m1/s1. The maximum absolute atomic E-state index is 12.2. The van der Waals surface area contributed by atoms with Crippen LogP contribution < -0.4 is 10.1 Å². The van der Waals surface area contributed by atoms with Crippen molar-refractivity contribution in [3.63, 3.8) is 0 Å². The fraction of sp³-hybridized carbons (Fsp3) is 0.235. The Kier molecular flexibility index (Phi) is 5.98. The van der Waals surface area contributed by atoms with Gasteiger partial charge >= 0.3 is 6.61 Å². The minimum atomic E-state index is -2.86. The van der Waals surface area contributed by atoms with E-state index >= 15 is 0 Å². The zero-order valence-electron chi connectivity index (χ0n) is 12.8. The molecule has 0 aliphatic carbocycles. The van der Waals surface area contributed by atoms with Crippen LogP contribution in [0.4, 0.5) is 14.5 Å². The number of nitrogens with one attached hydrogen (secondary N) is 1. The molecule has 0 spiro atoms. The van der Waals surface area contributed by atoms with Gasteiger partial charge in [-0.2, -0.15) is 8.78 Å². The molecule has 2 aromatic rings. The van der Waals surface area contributed by atoms with Crippen LogP contribution in [0, 0.1) is 6.92 Å². The second-order valence-corrected chi connectivity index (χ2v) is 6.38. The number of carbonyl (C=O) groups excluding carboxylic acids is 1. The normalized spacial score (nSPS) is 12.0. The minimum absolute atomic E-state index is 0.0556. The minimum Gasteiger partial charge on any atom is -0.435 e. The average Bonchev–Trinajstić information content (AvgIpc) is 2.51. The summed E-state index contributed by atoms with van der Waals surface area (Å²) in [6.07, 6.45) is 0. The quantitative estimate of drug-likeness (QED) is 0.776. The first kappa shape index (κ1) is 17.3. The molecule has 1 N–H and O–H groups in total. The first-order valence-corrected chi connectivity index (χ1v) is 7.91. The molecular weight excluding hydrogens is 320 g/mol. The highest BCUT2D eigenvalue weighted by molar-refractivity contribution is 8.00. The van der Waals surface area contributed by atoms with Gasteiger partial charge in [-0.15, -0.1) is 11.8 Å². The van der Waals surface area contributed by atoms with Crippen molar-refractivity contribution in [1.82, 2.24) is 0 Å². The SMILES string of the molecule is Cc1ccc(S[C@H](C)C(=O)Nc2ccc(OC(F)F)cc2)cc1. The number of hydrogen-bond acceptors (Lipinski definition) is 3. The van der Waals surface area contributed by atoms with E-state index in [2.05, 4.69) is 10.1 Å². The summed E-state index contributed by atoms with van der Waals surface area (Å²) in [6, 6.07) is 13.8. The molecule has 0 radical (unpaired) electrons. The van der Waals surface area contributed by atoms with Crippen LogP contribution in [0.5, 0.6) is 5.75 Å². The Bertz CT molecular complexity index is 645. The zero-order valence-corrected chi connectivity index (χ0v) is 13.6. The first-order valence-electron chi connectivity index (χ1n) is 7.03. The molecule has 3 nitrogen and oxygen atoms in total. The predicted molar refractivity (Wildman–Crippen MR) is 88.2 cm³/mol. The summed E-state index contributed by atoms with van der Waals surface area (Å²) >= 11 is 1.46. The lowest BCUT2D eigenvalue weighted by molar-refractivity contribution is -0.115. The van der Waals surface area contributed by atoms with E-state index in [9.17, 15) is 13.6 Å². The molecule has 0 bridgehead atoms. The van der Waals surface area contributed by atoms with Gasteiger partial charge in [-0.3, -0.25) is 4.79 Å². The van der Waals surface area contributed by atoms with Crippen molar-refractivity contribution in [2.24, 2.45) is 0 Å². The molecule has 0 fully saturated rings. The fourth-order valence-electron chi connectivity index (χ4n) is 1.84. The molecule has 6 heteroatoms. The summed E-state index contributed by atoms with van der Waals surface area (Å²) in [5.74, 6) is -0.0989. The average molecular weight is 337 g/mol. The molecule has 1 atom stereocenters. The lowest BCUT2D eigenvalue weighted by Crippen LogP contribution is -2.22. The van der Waals surface area contributed by atoms with Crippen molar-refractivity contribution in [1.29, 1.82) is 0 Å². The summed E-state index contributed by atoms with van der Waals surface area (Å²) in [5.41, 5.74) is 1.70. The van der Waals surface area contributed by atoms with Gasteiger partial charge in [-0.1, -0.05) is 17.7 Å². The third-order valence-corrected chi connectivity index (χ3v) is 4.16. The van der Waals surface area contributed by atoms with Gasteiger partial charge in [0.15, 0.2) is 0 Å². The van der Waals surface area contributed by atoms with Crippen LogP contribution in [0.2, 0.25) is 0 Å². The third kappa shape index (κ3) is 5.56. The smallest absolute Gasteiger partial charge is 0.387 e. The largest absolute Gasteiger partial charge is 0.435 e. The molecular formula is C17H17F2NO2S. The van der Waals surface area contributed by atoms with E-state index in [1.807, 2.05) is 38.1 Å². The van der Waals surface area contributed by atoms with Crippen LogP contribution in [0.1, 0.15) is 12.5 Å². The third-order valence-electron chi connectivity index (χ3n) is 3.05. The highest BCUT2D eigenvalue weighted by atomic mass is 32.2. The summed E-state index contributed by atoms with van der Waals surface area (Å²) < 4.78 is 28.4. The van der Waals surface area contributed by atoms with E-state index in [0.717, 1.165) is 10.5 Å². The number of alkyl halides is 2. The van der Waals surface area contributed by atoms with Crippen LogP contribution in [0.3, 0.4) is 0 Å². The molecule has 0 aromatic heterocycles. The predicted octanol–water partition coefficient (Wildman–Crippen LogP) is 4.72. The molecule has 0 heterocycles. The number of benzene rings is 2. The Labute approximate surface area is 138 Å². The number of halogens is 2. The highest BCUT2D eigenvalue weighted by Gasteiger charge is 2.14. The summed E-state index contributed by atoms with van der Waals surface area (Å²) in [6.45, 7) is 0.960. The van der Waals surface area contributed by atoms with E-state index in [1.165, 1.54) is 36.0 Å². The molecule has 0 unspecified atom stereocenters. The Morgan fingerprint density at radius 1 is 1.09 bits per heavy atom. The van der Waals surface area contributed by atoms with Gasteiger partial charge in [0.25, 0.3) is 0 Å². The van der Waals surface area contributed by atoms with Gasteiger partial charge in [-0.25, -0.2) is 0 Å². The lowest BCUT2D eigenvalue weighted by Gasteiger charge is -2.12.